The Kier molecular flexibility index (Phi) is 7.07. The molecule has 5 nitrogen and oxygen atoms in total. The summed E-state index contributed by atoms with van der Waals surface area (Å²) in [7, 11) is 0. The molecule has 0 spiro atoms. The largest absolute Gasteiger partial charge is 0.322 e. The average Bonchev–Trinajstić information content (AvgIpc) is 2.94. The van der Waals surface area contributed by atoms with Crippen LogP contribution in [-0.2, 0) is 6.54 Å². The van der Waals surface area contributed by atoms with Gasteiger partial charge in [-0.1, -0.05) is 72.8 Å². The van der Waals surface area contributed by atoms with E-state index in [1.165, 1.54) is 16.7 Å². The van der Waals surface area contributed by atoms with Gasteiger partial charge in [0.25, 0.3) is 0 Å². The van der Waals surface area contributed by atoms with Gasteiger partial charge < -0.3 is 10.2 Å². The summed E-state index contributed by atoms with van der Waals surface area (Å²) in [6.07, 6.45) is 0. The summed E-state index contributed by atoms with van der Waals surface area (Å²) < 4.78 is 0. The summed E-state index contributed by atoms with van der Waals surface area (Å²) in [4.78, 5) is 17.2. The summed E-state index contributed by atoms with van der Waals surface area (Å²) in [6, 6.07) is 36.5. The number of piperazine rings is 1. The number of amides is 2. The lowest BCUT2D eigenvalue weighted by molar-refractivity contribution is 0.143. The summed E-state index contributed by atoms with van der Waals surface area (Å²) in [6.45, 7) is 3.93. The van der Waals surface area contributed by atoms with Gasteiger partial charge in [-0.25, -0.2) is 4.79 Å². The second-order valence-corrected chi connectivity index (χ2v) is 9.03. The van der Waals surface area contributed by atoms with Crippen LogP contribution >= 0.6 is 0 Å². The summed E-state index contributed by atoms with van der Waals surface area (Å²) in [5.41, 5.74) is 7.02. The maximum absolute atomic E-state index is 12.9. The molecular weight excluding hydrogens is 444 g/mol. The number of nitrogens with one attached hydrogen (secondary N) is 1. The van der Waals surface area contributed by atoms with Gasteiger partial charge in [0.05, 0.1) is 11.6 Å². The molecule has 0 atom stereocenters. The number of anilines is 1. The van der Waals surface area contributed by atoms with Crippen LogP contribution in [0.5, 0.6) is 0 Å². The Labute approximate surface area is 212 Å². The molecule has 0 aromatic heterocycles. The van der Waals surface area contributed by atoms with Gasteiger partial charge in [0, 0.05) is 38.4 Å². The molecule has 4 aromatic carbocycles. The third-order valence-corrected chi connectivity index (χ3v) is 6.54. The van der Waals surface area contributed by atoms with E-state index in [4.69, 9.17) is 0 Å². The van der Waals surface area contributed by atoms with Crippen LogP contribution in [0.2, 0.25) is 0 Å². The lowest BCUT2D eigenvalue weighted by atomic mass is 10.0. The van der Waals surface area contributed by atoms with E-state index in [2.05, 4.69) is 64.8 Å². The van der Waals surface area contributed by atoms with E-state index in [9.17, 15) is 10.1 Å². The van der Waals surface area contributed by atoms with Gasteiger partial charge in [-0.2, -0.15) is 5.26 Å². The van der Waals surface area contributed by atoms with Gasteiger partial charge in [0.2, 0.25) is 0 Å². The second kappa shape index (κ2) is 10.9. The average molecular weight is 473 g/mol. The van der Waals surface area contributed by atoms with Gasteiger partial charge >= 0.3 is 6.03 Å². The van der Waals surface area contributed by atoms with Crippen molar-refractivity contribution in [2.45, 2.75) is 6.54 Å². The van der Waals surface area contributed by atoms with E-state index in [0.29, 0.717) is 18.7 Å². The zero-order chi connectivity index (χ0) is 24.7. The molecule has 2 amide bonds. The van der Waals surface area contributed by atoms with Gasteiger partial charge in [-0.15, -0.1) is 0 Å². The van der Waals surface area contributed by atoms with Crippen molar-refractivity contribution in [2.24, 2.45) is 0 Å². The standard InChI is InChI=1S/C31H28N4O/c32-22-24-7-4-12-28(19-24)29-13-6-14-30(21-29)33-31(36)35-17-15-34(16-18-35)23-25-8-5-11-27(20-25)26-9-2-1-3-10-26/h1-14,19-21H,15-18,23H2,(H,33,36). The lowest BCUT2D eigenvalue weighted by Gasteiger charge is -2.34. The number of nitrogens with zero attached hydrogens (tertiary/aromatic N) is 3. The predicted octanol–water partition coefficient (Wildman–Crippen LogP) is 6.24. The molecule has 1 aliphatic heterocycles. The van der Waals surface area contributed by atoms with Crippen LogP contribution in [0.3, 0.4) is 0 Å². The predicted molar refractivity (Wildman–Crippen MR) is 144 cm³/mol. The molecule has 36 heavy (non-hydrogen) atoms. The molecule has 1 fully saturated rings. The van der Waals surface area contributed by atoms with Crippen LogP contribution in [0, 0.1) is 11.3 Å². The maximum atomic E-state index is 12.9. The fraction of sp³-hybridized carbons (Fsp3) is 0.161. The molecule has 1 aliphatic rings. The van der Waals surface area contributed by atoms with Crippen molar-refractivity contribution in [3.63, 3.8) is 0 Å². The molecule has 178 valence electrons. The smallest absolute Gasteiger partial charge is 0.321 e. The second-order valence-electron chi connectivity index (χ2n) is 9.03. The molecule has 1 N–H and O–H groups in total. The summed E-state index contributed by atoms with van der Waals surface area (Å²) >= 11 is 0. The zero-order valence-corrected chi connectivity index (χ0v) is 20.1. The molecular formula is C31H28N4O. The number of carbonyl (C=O) groups is 1. The highest BCUT2D eigenvalue weighted by Gasteiger charge is 2.21. The first-order valence-corrected chi connectivity index (χ1v) is 12.2. The SMILES string of the molecule is N#Cc1cccc(-c2cccc(NC(=O)N3CCN(Cc4cccc(-c5ccccc5)c4)CC3)c2)c1. The van der Waals surface area contributed by atoms with Crippen LogP contribution in [0.4, 0.5) is 10.5 Å². The van der Waals surface area contributed by atoms with E-state index in [0.717, 1.165) is 36.4 Å². The Morgan fingerprint density at radius 3 is 2.11 bits per heavy atom. The van der Waals surface area contributed by atoms with E-state index in [-0.39, 0.29) is 6.03 Å². The number of hydrogen-bond donors (Lipinski definition) is 1. The van der Waals surface area contributed by atoms with E-state index >= 15 is 0 Å². The minimum Gasteiger partial charge on any atom is -0.322 e. The Bertz CT molecular complexity index is 1390. The van der Waals surface area contributed by atoms with Gasteiger partial charge in [-0.05, 0) is 58.1 Å². The van der Waals surface area contributed by atoms with Crippen LogP contribution in [-0.4, -0.2) is 42.0 Å². The quantitative estimate of drug-likeness (QED) is 0.374. The first-order valence-electron chi connectivity index (χ1n) is 12.2. The van der Waals surface area contributed by atoms with Crippen molar-refractivity contribution < 1.29 is 4.79 Å². The molecule has 0 radical (unpaired) electrons. The number of rotatable bonds is 5. The van der Waals surface area contributed by atoms with Crippen molar-refractivity contribution in [3.8, 4) is 28.3 Å². The number of hydrogen-bond acceptors (Lipinski definition) is 3. The molecule has 1 heterocycles. The maximum Gasteiger partial charge on any atom is 0.321 e. The van der Waals surface area contributed by atoms with Crippen LogP contribution in [0.15, 0.2) is 103 Å². The fourth-order valence-corrected chi connectivity index (χ4v) is 4.59. The topological polar surface area (TPSA) is 59.4 Å². The van der Waals surface area contributed by atoms with Crippen LogP contribution < -0.4 is 5.32 Å². The Morgan fingerprint density at radius 1 is 0.722 bits per heavy atom. The molecule has 0 saturated carbocycles. The first-order chi connectivity index (χ1) is 17.7. The summed E-state index contributed by atoms with van der Waals surface area (Å²) in [5, 5.41) is 12.2. The normalized spacial score (nSPS) is 13.7. The molecule has 5 rings (SSSR count). The minimum absolute atomic E-state index is 0.0800. The third kappa shape index (κ3) is 5.63. The molecule has 0 aliphatic carbocycles. The van der Waals surface area contributed by atoms with Crippen molar-refractivity contribution in [1.29, 1.82) is 5.26 Å². The first kappa shape index (κ1) is 23.3. The molecule has 4 aromatic rings. The number of urea groups is 1. The van der Waals surface area contributed by atoms with Gasteiger partial charge in [-0.3, -0.25) is 4.90 Å². The number of nitriles is 1. The van der Waals surface area contributed by atoms with Crippen LogP contribution in [0.1, 0.15) is 11.1 Å². The molecule has 0 unspecified atom stereocenters. The summed E-state index contributed by atoms with van der Waals surface area (Å²) in [5.74, 6) is 0. The molecule has 1 saturated heterocycles. The monoisotopic (exact) mass is 472 g/mol. The van der Waals surface area contributed by atoms with E-state index < -0.39 is 0 Å². The van der Waals surface area contributed by atoms with Crippen molar-refractivity contribution in [3.05, 3.63) is 114 Å². The van der Waals surface area contributed by atoms with Crippen molar-refractivity contribution in [1.82, 2.24) is 9.80 Å². The highest BCUT2D eigenvalue weighted by atomic mass is 16.2. The van der Waals surface area contributed by atoms with E-state index in [1.54, 1.807) is 6.07 Å². The highest BCUT2D eigenvalue weighted by molar-refractivity contribution is 5.90. The Morgan fingerprint density at radius 2 is 1.36 bits per heavy atom. The fourth-order valence-electron chi connectivity index (χ4n) is 4.59. The van der Waals surface area contributed by atoms with E-state index in [1.807, 2.05) is 53.4 Å². The highest BCUT2D eigenvalue weighted by Crippen LogP contribution is 2.24. The molecule has 0 bridgehead atoms. The van der Waals surface area contributed by atoms with Gasteiger partial charge in [0.1, 0.15) is 0 Å². The van der Waals surface area contributed by atoms with Crippen molar-refractivity contribution in [2.75, 3.05) is 31.5 Å². The van der Waals surface area contributed by atoms with Crippen molar-refractivity contribution >= 4 is 11.7 Å². The molecule has 5 heteroatoms. The zero-order valence-electron chi connectivity index (χ0n) is 20.1. The van der Waals surface area contributed by atoms with Gasteiger partial charge in [0.15, 0.2) is 0 Å². The number of benzene rings is 4. The number of carbonyl (C=O) groups excluding carboxylic acids is 1. The third-order valence-electron chi connectivity index (χ3n) is 6.54. The minimum atomic E-state index is -0.0800. The Balaban J connectivity index is 1.17. The van der Waals surface area contributed by atoms with Crippen LogP contribution in [0.25, 0.3) is 22.3 Å². The lowest BCUT2D eigenvalue weighted by Crippen LogP contribution is -2.49. The Hall–Kier alpha value is -4.40.